The molecule has 0 radical (unpaired) electrons. The van der Waals surface area contributed by atoms with Crippen LogP contribution in [0.25, 0.3) is 0 Å². The van der Waals surface area contributed by atoms with Crippen molar-refractivity contribution in [2.75, 3.05) is 5.73 Å². The van der Waals surface area contributed by atoms with Crippen LogP contribution in [0, 0.1) is 0 Å². The summed E-state index contributed by atoms with van der Waals surface area (Å²) in [5.74, 6) is 1.41. The Balaban J connectivity index is 2.10. The van der Waals surface area contributed by atoms with Gasteiger partial charge in [-0.15, -0.1) is 0 Å². The third-order valence-corrected chi connectivity index (χ3v) is 2.49. The molecule has 0 saturated heterocycles. The summed E-state index contributed by atoms with van der Waals surface area (Å²) in [5.41, 5.74) is 6.32. The fraction of sp³-hybridized carbons (Fsp3) is 0.182. The Hall–Kier alpha value is -1.68. The zero-order valence-electron chi connectivity index (χ0n) is 8.85. The van der Waals surface area contributed by atoms with Crippen LogP contribution < -0.4 is 10.5 Å². The number of rotatable bonds is 3. The molecule has 5 heteroatoms. The number of nitrogens with zero attached hydrogens (tertiary/aromatic N) is 2. The minimum atomic E-state index is 0.369. The van der Waals surface area contributed by atoms with Gasteiger partial charge in [0.15, 0.2) is 0 Å². The molecular formula is C11H12ClN3O. The summed E-state index contributed by atoms with van der Waals surface area (Å²) >= 11 is 5.85. The molecule has 16 heavy (non-hydrogen) atoms. The van der Waals surface area contributed by atoms with Crippen LogP contribution in [-0.4, -0.2) is 9.55 Å². The molecule has 2 aromatic rings. The molecule has 1 aromatic carbocycles. The van der Waals surface area contributed by atoms with Crippen LogP contribution in [0.2, 0.25) is 5.02 Å². The van der Waals surface area contributed by atoms with E-state index in [1.54, 1.807) is 24.4 Å². The van der Waals surface area contributed by atoms with Crippen LogP contribution in [0.3, 0.4) is 0 Å². The topological polar surface area (TPSA) is 53.1 Å². The first-order valence-electron chi connectivity index (χ1n) is 4.81. The highest BCUT2D eigenvalue weighted by molar-refractivity contribution is 6.30. The van der Waals surface area contributed by atoms with Crippen LogP contribution in [0.1, 0.15) is 5.82 Å². The molecule has 0 bridgehead atoms. The molecule has 0 unspecified atom stereocenters. The van der Waals surface area contributed by atoms with E-state index in [0.717, 1.165) is 5.82 Å². The van der Waals surface area contributed by atoms with Gasteiger partial charge in [0, 0.05) is 30.5 Å². The van der Waals surface area contributed by atoms with Gasteiger partial charge in [-0.1, -0.05) is 11.6 Å². The molecule has 1 aromatic heterocycles. The summed E-state index contributed by atoms with van der Waals surface area (Å²) in [6, 6.07) is 5.14. The summed E-state index contributed by atoms with van der Waals surface area (Å²) in [7, 11) is 1.91. The second kappa shape index (κ2) is 4.45. The molecule has 4 nitrogen and oxygen atoms in total. The van der Waals surface area contributed by atoms with Crippen LogP contribution >= 0.6 is 11.6 Å². The predicted octanol–water partition coefficient (Wildman–Crippen LogP) is 2.23. The predicted molar refractivity (Wildman–Crippen MR) is 63.4 cm³/mol. The lowest BCUT2D eigenvalue weighted by Crippen LogP contribution is -2.04. The van der Waals surface area contributed by atoms with E-state index in [2.05, 4.69) is 4.98 Å². The molecule has 2 N–H and O–H groups in total. The van der Waals surface area contributed by atoms with Crippen molar-refractivity contribution in [1.29, 1.82) is 0 Å². The lowest BCUT2D eigenvalue weighted by atomic mass is 10.3. The monoisotopic (exact) mass is 237 g/mol. The first kappa shape index (κ1) is 10.8. The van der Waals surface area contributed by atoms with E-state index in [-0.39, 0.29) is 0 Å². The number of aryl methyl sites for hydroxylation is 1. The third-order valence-electron chi connectivity index (χ3n) is 2.25. The van der Waals surface area contributed by atoms with E-state index in [1.807, 2.05) is 17.8 Å². The van der Waals surface area contributed by atoms with Crippen molar-refractivity contribution in [3.63, 3.8) is 0 Å². The number of hydrogen-bond donors (Lipinski definition) is 1. The van der Waals surface area contributed by atoms with E-state index < -0.39 is 0 Å². The summed E-state index contributed by atoms with van der Waals surface area (Å²) in [6.45, 7) is 0.369. The number of ether oxygens (including phenoxy) is 1. The van der Waals surface area contributed by atoms with Gasteiger partial charge in [-0.05, 0) is 12.1 Å². The third kappa shape index (κ3) is 2.28. The maximum absolute atomic E-state index is 5.85. The SMILES string of the molecule is Cn1ccnc1COc1cc(Cl)ccc1N. The van der Waals surface area contributed by atoms with Crippen molar-refractivity contribution >= 4 is 17.3 Å². The Morgan fingerprint density at radius 1 is 1.50 bits per heavy atom. The van der Waals surface area contributed by atoms with Crippen molar-refractivity contribution in [3.8, 4) is 5.75 Å². The Morgan fingerprint density at radius 2 is 2.31 bits per heavy atom. The summed E-state index contributed by atoms with van der Waals surface area (Å²) in [5, 5.41) is 0.601. The standard InChI is InChI=1S/C11H12ClN3O/c1-15-5-4-14-11(15)7-16-10-6-8(12)2-3-9(10)13/h2-6H,7,13H2,1H3. The highest BCUT2D eigenvalue weighted by Crippen LogP contribution is 2.25. The van der Waals surface area contributed by atoms with Gasteiger partial charge in [0.05, 0.1) is 5.69 Å². The lowest BCUT2D eigenvalue weighted by molar-refractivity contribution is 0.293. The Kier molecular flexibility index (Phi) is 3.01. The minimum Gasteiger partial charge on any atom is -0.483 e. The normalized spacial score (nSPS) is 10.4. The van der Waals surface area contributed by atoms with Gasteiger partial charge in [-0.2, -0.15) is 0 Å². The van der Waals surface area contributed by atoms with Gasteiger partial charge in [-0.3, -0.25) is 0 Å². The Bertz CT molecular complexity index is 496. The molecule has 2 rings (SSSR count). The summed E-state index contributed by atoms with van der Waals surface area (Å²) < 4.78 is 7.44. The van der Waals surface area contributed by atoms with Gasteiger partial charge in [-0.25, -0.2) is 4.98 Å². The first-order chi connectivity index (χ1) is 7.66. The first-order valence-corrected chi connectivity index (χ1v) is 5.18. The molecule has 0 aliphatic heterocycles. The molecule has 1 heterocycles. The van der Waals surface area contributed by atoms with Crippen LogP contribution in [0.15, 0.2) is 30.6 Å². The largest absolute Gasteiger partial charge is 0.483 e. The van der Waals surface area contributed by atoms with Gasteiger partial charge >= 0.3 is 0 Å². The van der Waals surface area contributed by atoms with Crippen LogP contribution in [0.5, 0.6) is 5.75 Å². The van der Waals surface area contributed by atoms with E-state index in [0.29, 0.717) is 23.1 Å². The number of benzene rings is 1. The van der Waals surface area contributed by atoms with Crippen molar-refractivity contribution in [2.45, 2.75) is 6.61 Å². The molecule has 0 amide bonds. The number of hydrogen-bond acceptors (Lipinski definition) is 3. The number of halogens is 1. The van der Waals surface area contributed by atoms with E-state index in [1.165, 1.54) is 0 Å². The quantitative estimate of drug-likeness (QED) is 0.833. The van der Waals surface area contributed by atoms with Crippen LogP contribution in [-0.2, 0) is 13.7 Å². The molecular weight excluding hydrogens is 226 g/mol. The molecule has 0 saturated carbocycles. The molecule has 84 valence electrons. The second-order valence-corrected chi connectivity index (χ2v) is 3.86. The number of imidazole rings is 1. The minimum absolute atomic E-state index is 0.369. The molecule has 0 atom stereocenters. The highest BCUT2D eigenvalue weighted by atomic mass is 35.5. The number of nitrogen functional groups attached to an aromatic ring is 1. The number of anilines is 1. The average molecular weight is 238 g/mol. The van der Waals surface area contributed by atoms with Crippen molar-refractivity contribution in [2.24, 2.45) is 7.05 Å². The maximum Gasteiger partial charge on any atom is 0.146 e. The Morgan fingerprint density at radius 3 is 3.00 bits per heavy atom. The zero-order valence-corrected chi connectivity index (χ0v) is 9.61. The fourth-order valence-corrected chi connectivity index (χ4v) is 1.47. The molecule has 0 fully saturated rings. The summed E-state index contributed by atoms with van der Waals surface area (Å²) in [6.07, 6.45) is 3.58. The average Bonchev–Trinajstić information content (AvgIpc) is 2.66. The smallest absolute Gasteiger partial charge is 0.146 e. The van der Waals surface area contributed by atoms with Crippen molar-refractivity contribution in [3.05, 3.63) is 41.4 Å². The van der Waals surface area contributed by atoms with E-state index in [9.17, 15) is 0 Å². The molecule has 0 aliphatic carbocycles. The van der Waals surface area contributed by atoms with Gasteiger partial charge in [0.2, 0.25) is 0 Å². The molecule has 0 aliphatic rings. The highest BCUT2D eigenvalue weighted by Gasteiger charge is 2.04. The number of nitrogens with two attached hydrogens (primary N) is 1. The fourth-order valence-electron chi connectivity index (χ4n) is 1.31. The van der Waals surface area contributed by atoms with Gasteiger partial charge < -0.3 is 15.0 Å². The van der Waals surface area contributed by atoms with Gasteiger partial charge in [0.25, 0.3) is 0 Å². The van der Waals surface area contributed by atoms with Crippen LogP contribution in [0.4, 0.5) is 5.69 Å². The summed E-state index contributed by atoms with van der Waals surface area (Å²) in [4.78, 5) is 4.15. The van der Waals surface area contributed by atoms with Crippen molar-refractivity contribution < 1.29 is 4.74 Å². The van der Waals surface area contributed by atoms with E-state index in [4.69, 9.17) is 22.1 Å². The molecule has 0 spiro atoms. The second-order valence-electron chi connectivity index (χ2n) is 3.43. The Labute approximate surface area is 98.6 Å². The lowest BCUT2D eigenvalue weighted by Gasteiger charge is -2.08. The maximum atomic E-state index is 5.85. The van der Waals surface area contributed by atoms with Gasteiger partial charge in [0.1, 0.15) is 18.2 Å². The van der Waals surface area contributed by atoms with Crippen molar-refractivity contribution in [1.82, 2.24) is 9.55 Å². The van der Waals surface area contributed by atoms with E-state index >= 15 is 0 Å². The number of aromatic nitrogens is 2. The zero-order chi connectivity index (χ0) is 11.5.